The third-order valence-electron chi connectivity index (χ3n) is 7.08. The third-order valence-corrected chi connectivity index (χ3v) is 7.08. The number of rotatable bonds is 7. The second kappa shape index (κ2) is 10.1. The van der Waals surface area contributed by atoms with Crippen LogP contribution in [0.4, 0.5) is 5.69 Å². The number of amides is 1. The summed E-state index contributed by atoms with van der Waals surface area (Å²) in [5.74, 6) is 0.735. The van der Waals surface area contributed by atoms with Crippen LogP contribution in [0.1, 0.15) is 40.5 Å². The maximum Gasteiger partial charge on any atom is 0.257 e. The van der Waals surface area contributed by atoms with Crippen LogP contribution in [0.5, 0.6) is 5.75 Å². The van der Waals surface area contributed by atoms with Crippen molar-refractivity contribution >= 4 is 11.6 Å². The highest BCUT2D eigenvalue weighted by atomic mass is 16.5. The quantitative estimate of drug-likeness (QED) is 0.375. The average molecular weight is 495 g/mol. The van der Waals surface area contributed by atoms with E-state index >= 15 is 0 Å². The van der Waals surface area contributed by atoms with E-state index < -0.39 is 6.17 Å². The summed E-state index contributed by atoms with van der Waals surface area (Å²) in [6.07, 6.45) is 3.63. The van der Waals surface area contributed by atoms with Gasteiger partial charge < -0.3 is 19.7 Å². The first-order chi connectivity index (χ1) is 18.2. The van der Waals surface area contributed by atoms with Crippen LogP contribution < -0.4 is 10.1 Å². The number of methoxy groups -OCH3 is 1. The molecule has 0 bridgehead atoms. The first kappa shape index (κ1) is 23.3. The second-order valence-electron chi connectivity index (χ2n) is 9.50. The van der Waals surface area contributed by atoms with Crippen molar-refractivity contribution in [3.8, 4) is 17.0 Å². The number of ether oxygens (including phenoxy) is 2. The minimum Gasteiger partial charge on any atom is -0.496 e. The summed E-state index contributed by atoms with van der Waals surface area (Å²) < 4.78 is 13.6. The van der Waals surface area contributed by atoms with Gasteiger partial charge >= 0.3 is 0 Å². The molecule has 37 heavy (non-hydrogen) atoms. The average Bonchev–Trinajstić information content (AvgIpc) is 3.61. The Bertz CT molecular complexity index is 1390. The van der Waals surface area contributed by atoms with Gasteiger partial charge in [-0.15, -0.1) is 0 Å². The molecule has 2 aliphatic heterocycles. The molecule has 0 unspecified atom stereocenters. The van der Waals surface area contributed by atoms with Gasteiger partial charge in [0.15, 0.2) is 0 Å². The maximum absolute atomic E-state index is 13.8. The van der Waals surface area contributed by atoms with Gasteiger partial charge in [0.05, 0.1) is 25.3 Å². The molecular formula is C30H30N4O3. The molecule has 2 atom stereocenters. The molecular weight excluding hydrogens is 464 g/mol. The lowest BCUT2D eigenvalue weighted by atomic mass is 10.00. The highest BCUT2D eigenvalue weighted by Crippen LogP contribution is 2.40. The van der Waals surface area contributed by atoms with Gasteiger partial charge in [-0.05, 0) is 42.7 Å². The summed E-state index contributed by atoms with van der Waals surface area (Å²) >= 11 is 0. The number of nitrogens with zero attached hydrogens (tertiary/aromatic N) is 3. The summed E-state index contributed by atoms with van der Waals surface area (Å²) in [6.45, 7) is 1.87. The lowest BCUT2D eigenvalue weighted by Gasteiger charge is -2.39. The van der Waals surface area contributed by atoms with E-state index in [0.29, 0.717) is 18.7 Å². The van der Waals surface area contributed by atoms with E-state index in [-0.39, 0.29) is 12.0 Å². The lowest BCUT2D eigenvalue weighted by molar-refractivity contribution is 0.0427. The minimum atomic E-state index is -0.406. The van der Waals surface area contributed by atoms with Crippen molar-refractivity contribution in [3.63, 3.8) is 0 Å². The molecule has 1 aromatic heterocycles. The number of carbonyl (C=O) groups excluding carboxylic acids is 1. The Morgan fingerprint density at radius 2 is 1.76 bits per heavy atom. The number of nitrogens with one attached hydrogen (secondary N) is 1. The Labute approximate surface area is 216 Å². The lowest BCUT2D eigenvalue weighted by Crippen LogP contribution is -2.46. The van der Waals surface area contributed by atoms with E-state index in [2.05, 4.69) is 23.6 Å². The standard InChI is InChI=1S/C30H30N4O3/c1-36-27-16-8-6-14-24(27)28-25(20-33(32-28)18-21-10-3-2-4-11-21)29-31-26-15-7-5-13-23(26)30(35)34(29)19-22-12-9-17-37-22/h2-8,10-11,13-16,20,22,29,31H,9,12,17-19H2,1H3/t22-,29+/m0/s1. The van der Waals surface area contributed by atoms with Gasteiger partial charge in [0.25, 0.3) is 5.91 Å². The molecule has 188 valence electrons. The minimum absolute atomic E-state index is 0.00311. The van der Waals surface area contributed by atoms with Crippen molar-refractivity contribution in [2.75, 3.05) is 25.6 Å². The molecule has 7 nitrogen and oxygen atoms in total. The fourth-order valence-electron chi connectivity index (χ4n) is 5.27. The first-order valence-corrected chi connectivity index (χ1v) is 12.7. The van der Waals surface area contributed by atoms with Crippen molar-refractivity contribution in [2.24, 2.45) is 0 Å². The fourth-order valence-corrected chi connectivity index (χ4v) is 5.27. The molecule has 1 fully saturated rings. The summed E-state index contributed by atoms with van der Waals surface area (Å²) in [7, 11) is 1.67. The van der Waals surface area contributed by atoms with E-state index in [9.17, 15) is 4.79 Å². The van der Waals surface area contributed by atoms with Crippen LogP contribution in [0.15, 0.2) is 85.1 Å². The highest BCUT2D eigenvalue weighted by Gasteiger charge is 2.37. The molecule has 3 aromatic carbocycles. The number of anilines is 1. The Hall–Kier alpha value is -4.10. The topological polar surface area (TPSA) is 68.6 Å². The van der Waals surface area contributed by atoms with E-state index in [1.54, 1.807) is 7.11 Å². The molecule has 1 saturated heterocycles. The van der Waals surface area contributed by atoms with Crippen LogP contribution in [-0.2, 0) is 11.3 Å². The van der Waals surface area contributed by atoms with E-state index in [4.69, 9.17) is 14.6 Å². The number of benzene rings is 3. The molecule has 0 radical (unpaired) electrons. The largest absolute Gasteiger partial charge is 0.496 e. The normalized spacial score (nSPS) is 18.9. The van der Waals surface area contributed by atoms with E-state index in [1.807, 2.05) is 76.3 Å². The Morgan fingerprint density at radius 1 is 1.00 bits per heavy atom. The van der Waals surface area contributed by atoms with E-state index in [1.165, 1.54) is 0 Å². The number of hydrogen-bond acceptors (Lipinski definition) is 5. The van der Waals surface area contributed by atoms with Gasteiger partial charge in [-0.2, -0.15) is 5.10 Å². The molecule has 1 amide bonds. The van der Waals surface area contributed by atoms with Crippen LogP contribution in [-0.4, -0.2) is 47.0 Å². The van der Waals surface area contributed by atoms with Crippen LogP contribution >= 0.6 is 0 Å². The molecule has 7 heteroatoms. The maximum atomic E-state index is 13.8. The predicted molar refractivity (Wildman–Crippen MR) is 143 cm³/mol. The van der Waals surface area contributed by atoms with Crippen molar-refractivity contribution in [1.82, 2.24) is 14.7 Å². The number of hydrogen-bond donors (Lipinski definition) is 1. The molecule has 0 aliphatic carbocycles. The summed E-state index contributed by atoms with van der Waals surface area (Å²) in [5.41, 5.74) is 5.24. The molecule has 3 heterocycles. The third kappa shape index (κ3) is 4.58. The smallest absolute Gasteiger partial charge is 0.257 e. The number of carbonyl (C=O) groups is 1. The van der Waals surface area contributed by atoms with E-state index in [0.717, 1.165) is 53.3 Å². The molecule has 1 N–H and O–H groups in total. The summed E-state index contributed by atoms with van der Waals surface area (Å²) in [6, 6.07) is 25.8. The highest BCUT2D eigenvalue weighted by molar-refractivity contribution is 6.02. The molecule has 2 aliphatic rings. The van der Waals surface area contributed by atoms with Crippen molar-refractivity contribution in [2.45, 2.75) is 31.7 Å². The molecule has 4 aromatic rings. The van der Waals surface area contributed by atoms with Gasteiger partial charge in [-0.3, -0.25) is 9.48 Å². The number of para-hydroxylation sites is 2. The zero-order valence-corrected chi connectivity index (χ0v) is 20.8. The fraction of sp³-hybridized carbons (Fsp3) is 0.267. The van der Waals surface area contributed by atoms with Crippen molar-refractivity contribution in [3.05, 3.63) is 102 Å². The zero-order chi connectivity index (χ0) is 25.2. The van der Waals surface area contributed by atoms with Gasteiger partial charge in [-0.25, -0.2) is 0 Å². The summed E-state index contributed by atoms with van der Waals surface area (Å²) in [4.78, 5) is 15.7. The summed E-state index contributed by atoms with van der Waals surface area (Å²) in [5, 5.41) is 8.68. The molecule has 0 saturated carbocycles. The number of fused-ring (bicyclic) bond motifs is 1. The Morgan fingerprint density at radius 3 is 2.54 bits per heavy atom. The van der Waals surface area contributed by atoms with Crippen LogP contribution in [0.3, 0.4) is 0 Å². The Kier molecular flexibility index (Phi) is 6.37. The van der Waals surface area contributed by atoms with Gasteiger partial charge in [0.2, 0.25) is 0 Å². The first-order valence-electron chi connectivity index (χ1n) is 12.7. The number of aromatic nitrogens is 2. The SMILES string of the molecule is COc1ccccc1-c1nn(Cc2ccccc2)cc1[C@@H]1Nc2ccccc2C(=O)N1C[C@@H]1CCCO1. The van der Waals surface area contributed by atoms with Crippen molar-refractivity contribution < 1.29 is 14.3 Å². The zero-order valence-electron chi connectivity index (χ0n) is 20.8. The Balaban J connectivity index is 1.47. The predicted octanol–water partition coefficient (Wildman–Crippen LogP) is 5.35. The second-order valence-corrected chi connectivity index (χ2v) is 9.50. The van der Waals surface area contributed by atoms with Crippen LogP contribution in [0.25, 0.3) is 11.3 Å². The van der Waals surface area contributed by atoms with Gasteiger partial charge in [-0.1, -0.05) is 54.6 Å². The molecule has 6 rings (SSSR count). The monoisotopic (exact) mass is 494 g/mol. The molecule has 0 spiro atoms. The van der Waals surface area contributed by atoms with Gasteiger partial charge in [0.1, 0.15) is 17.6 Å². The van der Waals surface area contributed by atoms with Crippen molar-refractivity contribution in [1.29, 1.82) is 0 Å². The van der Waals surface area contributed by atoms with Crippen LogP contribution in [0.2, 0.25) is 0 Å². The van der Waals surface area contributed by atoms with Crippen LogP contribution in [0, 0.1) is 0 Å². The van der Waals surface area contributed by atoms with Gasteiger partial charge in [0, 0.05) is 36.2 Å².